The highest BCUT2D eigenvalue weighted by molar-refractivity contribution is 6.85. The minimum atomic E-state index is -1.82. The van der Waals surface area contributed by atoms with Crippen molar-refractivity contribution >= 4 is 28.6 Å². The van der Waals surface area contributed by atoms with Gasteiger partial charge in [-0.3, -0.25) is 0 Å². The summed E-state index contributed by atoms with van der Waals surface area (Å²) >= 11 is 0. The minimum Gasteiger partial charge on any atom is -0.478 e. The highest BCUT2D eigenvalue weighted by Crippen LogP contribution is 2.32. The lowest BCUT2D eigenvalue weighted by Crippen LogP contribution is -2.46. The molecule has 0 saturated carbocycles. The van der Waals surface area contributed by atoms with Crippen molar-refractivity contribution in [1.82, 2.24) is 0 Å². The van der Waals surface area contributed by atoms with E-state index in [1.165, 1.54) is 0 Å². The first-order valence-electron chi connectivity index (χ1n) is 7.26. The predicted octanol–water partition coefficient (Wildman–Crippen LogP) is 3.40. The third-order valence-electron chi connectivity index (χ3n) is 3.12. The molecule has 1 unspecified atom stereocenters. The fraction of sp³-hybridized carbons (Fsp3) is 0.714. The van der Waals surface area contributed by atoms with Crippen LogP contribution in [0.5, 0.6) is 0 Å². The van der Waals surface area contributed by atoms with Crippen LogP contribution in [0.1, 0.15) is 19.8 Å². The van der Waals surface area contributed by atoms with Gasteiger partial charge in [0.15, 0.2) is 16.6 Å². The maximum absolute atomic E-state index is 11.3. The summed E-state index contributed by atoms with van der Waals surface area (Å²) in [7, 11) is -3.40. The smallest absolute Gasteiger partial charge is 0.331 e. The van der Waals surface area contributed by atoms with Crippen molar-refractivity contribution in [2.75, 3.05) is 6.61 Å². The number of ether oxygens (including phenoxy) is 1. The topological polar surface area (TPSA) is 72.8 Å². The van der Waals surface area contributed by atoms with Crippen LogP contribution in [0.25, 0.3) is 0 Å². The van der Waals surface area contributed by atoms with E-state index in [2.05, 4.69) is 39.7 Å². The van der Waals surface area contributed by atoms with Crippen molar-refractivity contribution in [3.05, 3.63) is 12.2 Å². The van der Waals surface area contributed by atoms with Crippen LogP contribution in [0.15, 0.2) is 12.2 Å². The van der Waals surface area contributed by atoms with Crippen molar-refractivity contribution in [2.24, 2.45) is 0 Å². The van der Waals surface area contributed by atoms with Gasteiger partial charge in [0.05, 0.1) is 6.61 Å². The van der Waals surface area contributed by atoms with E-state index in [1.807, 2.05) is 0 Å². The van der Waals surface area contributed by atoms with Crippen molar-refractivity contribution in [3.63, 3.8) is 0 Å². The summed E-state index contributed by atoms with van der Waals surface area (Å²) in [5.41, 5.74) is 0.417. The molecule has 0 aromatic heterocycles. The van der Waals surface area contributed by atoms with Gasteiger partial charge in [0.1, 0.15) is 0 Å². The molecule has 122 valence electrons. The van der Waals surface area contributed by atoms with Gasteiger partial charge in [-0.2, -0.15) is 0 Å². The Balaban J connectivity index is 4.39. The molecule has 0 spiro atoms. The molecule has 7 heteroatoms. The molecule has 0 fully saturated rings. The van der Waals surface area contributed by atoms with Crippen LogP contribution >= 0.6 is 0 Å². The third kappa shape index (κ3) is 9.59. The van der Waals surface area contributed by atoms with Crippen LogP contribution < -0.4 is 0 Å². The Labute approximate surface area is 129 Å². The molecule has 0 rings (SSSR count). The molecule has 0 bridgehead atoms. The first-order valence-corrected chi connectivity index (χ1v) is 13.6. The van der Waals surface area contributed by atoms with Crippen LogP contribution in [0.3, 0.4) is 0 Å². The van der Waals surface area contributed by atoms with Gasteiger partial charge in [-0.25, -0.2) is 9.59 Å². The Morgan fingerprint density at radius 3 is 2.14 bits per heavy atom. The number of carbonyl (C=O) groups is 2. The van der Waals surface area contributed by atoms with Gasteiger partial charge in [0.2, 0.25) is 0 Å². The molecular formula is C14H28O5Si2. The van der Waals surface area contributed by atoms with Crippen molar-refractivity contribution in [2.45, 2.75) is 58.0 Å². The van der Waals surface area contributed by atoms with Gasteiger partial charge in [0, 0.05) is 12.2 Å². The summed E-state index contributed by atoms with van der Waals surface area (Å²) in [5.74, 6) is -1.77. The summed E-state index contributed by atoms with van der Waals surface area (Å²) in [4.78, 5) is 21.6. The van der Waals surface area contributed by atoms with Gasteiger partial charge in [-0.15, -0.1) is 0 Å². The SMILES string of the molecule is CCC(CCOC(=O)/C=C/C(=O)O)[Si](C)(C)O[Si](C)(C)C. The van der Waals surface area contributed by atoms with E-state index < -0.39 is 28.6 Å². The van der Waals surface area contributed by atoms with E-state index in [0.29, 0.717) is 12.1 Å². The molecule has 1 atom stereocenters. The van der Waals surface area contributed by atoms with E-state index >= 15 is 0 Å². The molecule has 0 radical (unpaired) electrons. The van der Waals surface area contributed by atoms with E-state index in [4.69, 9.17) is 14.0 Å². The summed E-state index contributed by atoms with van der Waals surface area (Å²) in [6.45, 7) is 13.4. The molecule has 1 N–H and O–H groups in total. The number of carbonyl (C=O) groups excluding carboxylic acids is 1. The lowest BCUT2D eigenvalue weighted by molar-refractivity contribution is -0.138. The lowest BCUT2D eigenvalue weighted by Gasteiger charge is -2.37. The molecule has 0 aliphatic rings. The summed E-state index contributed by atoms with van der Waals surface area (Å²) in [6.07, 6.45) is 3.47. The number of rotatable bonds is 9. The number of hydrogen-bond donors (Lipinski definition) is 1. The van der Waals surface area contributed by atoms with Crippen LogP contribution in [0.4, 0.5) is 0 Å². The summed E-state index contributed by atoms with van der Waals surface area (Å²) in [6, 6.07) is 0. The number of esters is 1. The molecule has 0 amide bonds. The second-order valence-electron chi connectivity index (χ2n) is 6.55. The first kappa shape index (κ1) is 20.1. The number of aliphatic carboxylic acids is 1. The molecule has 0 aliphatic heterocycles. The largest absolute Gasteiger partial charge is 0.478 e. The van der Waals surface area contributed by atoms with Crippen LogP contribution in [0, 0.1) is 0 Å². The van der Waals surface area contributed by atoms with Gasteiger partial charge < -0.3 is 14.0 Å². The molecular weight excluding hydrogens is 304 g/mol. The zero-order valence-electron chi connectivity index (χ0n) is 13.9. The Morgan fingerprint density at radius 1 is 1.14 bits per heavy atom. The Kier molecular flexibility index (Phi) is 8.13. The van der Waals surface area contributed by atoms with Gasteiger partial charge in [0.25, 0.3) is 0 Å². The maximum Gasteiger partial charge on any atom is 0.331 e. The van der Waals surface area contributed by atoms with E-state index in [0.717, 1.165) is 25.0 Å². The quantitative estimate of drug-likeness (QED) is 0.398. The van der Waals surface area contributed by atoms with Gasteiger partial charge >= 0.3 is 11.9 Å². The maximum atomic E-state index is 11.3. The average molecular weight is 333 g/mol. The third-order valence-corrected chi connectivity index (χ3v) is 10.3. The van der Waals surface area contributed by atoms with Crippen molar-refractivity contribution in [3.8, 4) is 0 Å². The highest BCUT2D eigenvalue weighted by atomic mass is 28.4. The second kappa shape index (κ2) is 8.50. The highest BCUT2D eigenvalue weighted by Gasteiger charge is 2.36. The second-order valence-corrected chi connectivity index (χ2v) is 15.6. The Hall–Kier alpha value is -0.926. The van der Waals surface area contributed by atoms with Gasteiger partial charge in [-0.05, 0) is 44.7 Å². The van der Waals surface area contributed by atoms with E-state index in [-0.39, 0.29) is 0 Å². The fourth-order valence-corrected chi connectivity index (χ4v) is 11.2. The zero-order chi connectivity index (χ0) is 16.7. The van der Waals surface area contributed by atoms with Crippen molar-refractivity contribution < 1.29 is 23.5 Å². The molecule has 0 aliphatic carbocycles. The van der Waals surface area contributed by atoms with Crippen LogP contribution in [0.2, 0.25) is 38.3 Å². The molecule has 0 aromatic carbocycles. The van der Waals surface area contributed by atoms with Crippen molar-refractivity contribution in [1.29, 1.82) is 0 Å². The minimum absolute atomic E-state index is 0.298. The number of carboxylic acid groups (broad SMARTS) is 1. The predicted molar refractivity (Wildman–Crippen MR) is 88.3 cm³/mol. The normalized spacial score (nSPS) is 14.2. The standard InChI is InChI=1S/C14H28O5Si2/c1-7-12(21(5,6)19-20(2,3)4)10-11-18-14(17)9-8-13(15)16/h8-9,12H,7,10-11H2,1-6H3,(H,15,16)/b9-8+. The molecule has 21 heavy (non-hydrogen) atoms. The van der Waals surface area contributed by atoms with E-state index in [9.17, 15) is 9.59 Å². The number of carboxylic acids is 1. The number of hydrogen-bond acceptors (Lipinski definition) is 4. The molecule has 0 heterocycles. The first-order chi connectivity index (χ1) is 9.48. The Bertz CT molecular complexity index is 385. The molecule has 0 saturated heterocycles. The average Bonchev–Trinajstić information content (AvgIpc) is 2.28. The van der Waals surface area contributed by atoms with Gasteiger partial charge in [-0.1, -0.05) is 13.3 Å². The molecule has 5 nitrogen and oxygen atoms in total. The summed E-state index contributed by atoms with van der Waals surface area (Å²) < 4.78 is 11.4. The summed E-state index contributed by atoms with van der Waals surface area (Å²) in [5, 5.41) is 8.43. The zero-order valence-corrected chi connectivity index (χ0v) is 15.9. The molecule has 0 aromatic rings. The van der Waals surface area contributed by atoms with E-state index in [1.54, 1.807) is 0 Å². The fourth-order valence-electron chi connectivity index (χ4n) is 2.41. The van der Waals surface area contributed by atoms with Crippen LogP contribution in [-0.2, 0) is 18.4 Å². The lowest BCUT2D eigenvalue weighted by atomic mass is 10.2. The monoisotopic (exact) mass is 332 g/mol. The van der Waals surface area contributed by atoms with Crippen LogP contribution in [-0.4, -0.2) is 40.3 Å². The Morgan fingerprint density at radius 2 is 1.71 bits per heavy atom.